The predicted octanol–water partition coefficient (Wildman–Crippen LogP) is -0.0515. The van der Waals surface area contributed by atoms with E-state index in [4.69, 9.17) is 11.6 Å². The molecular weight excluding hydrogens is 268 g/mol. The summed E-state index contributed by atoms with van der Waals surface area (Å²) >= 11 is 6.12. The molecule has 0 unspecified atom stereocenters. The summed E-state index contributed by atoms with van der Waals surface area (Å²) in [5.41, 5.74) is 0.705. The van der Waals surface area contributed by atoms with E-state index in [2.05, 4.69) is 20.4 Å². The van der Waals surface area contributed by atoms with Crippen molar-refractivity contribution in [1.29, 1.82) is 0 Å². The van der Waals surface area contributed by atoms with Crippen molar-refractivity contribution < 1.29 is 4.79 Å². The van der Waals surface area contributed by atoms with E-state index in [1.165, 1.54) is 0 Å². The fourth-order valence-corrected chi connectivity index (χ4v) is 2.36. The summed E-state index contributed by atoms with van der Waals surface area (Å²) in [4.78, 5) is 22.0. The maximum atomic E-state index is 11.3. The second-order valence-corrected chi connectivity index (χ2v) is 4.85. The molecule has 1 fully saturated rings. The van der Waals surface area contributed by atoms with Crippen LogP contribution in [0.1, 0.15) is 5.82 Å². The van der Waals surface area contributed by atoms with Gasteiger partial charge >= 0.3 is 0 Å². The number of carbonyl (C=O) groups is 1. The number of hydrogen-bond acceptors (Lipinski definition) is 5. The molecule has 2 aromatic heterocycles. The van der Waals surface area contributed by atoms with Crippen molar-refractivity contribution in [2.75, 3.05) is 19.6 Å². The minimum Gasteiger partial charge on any atom is -0.354 e. The van der Waals surface area contributed by atoms with Crippen LogP contribution in [-0.2, 0) is 18.4 Å². The van der Waals surface area contributed by atoms with Crippen LogP contribution in [0.25, 0.3) is 11.0 Å². The Labute approximate surface area is 114 Å². The molecule has 1 aliphatic heterocycles. The van der Waals surface area contributed by atoms with Gasteiger partial charge in [-0.05, 0) is 0 Å². The van der Waals surface area contributed by atoms with Gasteiger partial charge in [0.05, 0.1) is 24.7 Å². The zero-order valence-corrected chi connectivity index (χ0v) is 11.2. The Morgan fingerprint density at radius 3 is 3.11 bits per heavy atom. The number of rotatable bonds is 2. The van der Waals surface area contributed by atoms with Gasteiger partial charge in [0.25, 0.3) is 0 Å². The lowest BCUT2D eigenvalue weighted by atomic mass is 10.3. The molecule has 19 heavy (non-hydrogen) atoms. The first kappa shape index (κ1) is 12.3. The second-order valence-electron chi connectivity index (χ2n) is 4.50. The molecule has 0 radical (unpaired) electrons. The third-order valence-electron chi connectivity index (χ3n) is 3.07. The maximum Gasteiger partial charge on any atom is 0.234 e. The van der Waals surface area contributed by atoms with Crippen molar-refractivity contribution in [1.82, 2.24) is 30.0 Å². The molecule has 8 heteroatoms. The van der Waals surface area contributed by atoms with Gasteiger partial charge in [0, 0.05) is 20.1 Å². The van der Waals surface area contributed by atoms with Crippen LogP contribution >= 0.6 is 11.6 Å². The maximum absolute atomic E-state index is 11.3. The zero-order valence-electron chi connectivity index (χ0n) is 10.4. The number of carbonyl (C=O) groups excluding carboxylic acids is 1. The molecule has 0 aliphatic carbocycles. The molecule has 0 spiro atoms. The Bertz CT molecular complexity index is 639. The molecule has 2 aromatic rings. The van der Waals surface area contributed by atoms with Crippen LogP contribution in [0.4, 0.5) is 0 Å². The van der Waals surface area contributed by atoms with Gasteiger partial charge in [-0.2, -0.15) is 5.10 Å². The molecule has 1 amide bonds. The summed E-state index contributed by atoms with van der Waals surface area (Å²) in [6.45, 7) is 2.31. The van der Waals surface area contributed by atoms with Crippen LogP contribution in [0.5, 0.6) is 0 Å². The Kier molecular flexibility index (Phi) is 3.08. The molecule has 7 nitrogen and oxygen atoms in total. The lowest BCUT2D eigenvalue weighted by Crippen LogP contribution is -2.47. The Balaban J connectivity index is 1.88. The fraction of sp³-hybridized carbons (Fsp3) is 0.455. The molecule has 100 valence electrons. The molecule has 0 saturated carbocycles. The van der Waals surface area contributed by atoms with E-state index in [-0.39, 0.29) is 5.91 Å². The van der Waals surface area contributed by atoms with Crippen molar-refractivity contribution >= 4 is 28.5 Å². The van der Waals surface area contributed by atoms with Crippen LogP contribution < -0.4 is 5.32 Å². The van der Waals surface area contributed by atoms with Gasteiger partial charge in [0.15, 0.2) is 5.65 Å². The molecular formula is C11H13ClN6O. The minimum absolute atomic E-state index is 0.0268. The Morgan fingerprint density at radius 1 is 1.47 bits per heavy atom. The van der Waals surface area contributed by atoms with E-state index in [0.717, 1.165) is 11.9 Å². The third kappa shape index (κ3) is 2.39. The standard InChI is InChI=1S/C11H13ClN6O/c1-17-11-7(4-14-17)10(12)15-8(16-11)5-18-3-2-13-9(19)6-18/h4H,2-3,5-6H2,1H3,(H,13,19). The average molecular weight is 281 g/mol. The average Bonchev–Trinajstić information content (AvgIpc) is 2.72. The zero-order chi connectivity index (χ0) is 13.4. The highest BCUT2D eigenvalue weighted by atomic mass is 35.5. The normalized spacial score (nSPS) is 16.8. The van der Waals surface area contributed by atoms with E-state index in [9.17, 15) is 4.79 Å². The SMILES string of the molecule is Cn1ncc2c(Cl)nc(CN3CCNC(=O)C3)nc21. The number of nitrogens with one attached hydrogen (secondary N) is 1. The largest absolute Gasteiger partial charge is 0.354 e. The van der Waals surface area contributed by atoms with Crippen LogP contribution in [0.2, 0.25) is 5.15 Å². The van der Waals surface area contributed by atoms with Gasteiger partial charge in [-0.25, -0.2) is 9.97 Å². The molecule has 1 aliphatic rings. The van der Waals surface area contributed by atoms with Gasteiger partial charge in [-0.1, -0.05) is 11.6 Å². The third-order valence-corrected chi connectivity index (χ3v) is 3.36. The van der Waals surface area contributed by atoms with Crippen LogP contribution in [0.3, 0.4) is 0 Å². The van der Waals surface area contributed by atoms with E-state index in [1.807, 2.05) is 11.9 Å². The Morgan fingerprint density at radius 2 is 2.32 bits per heavy atom. The second kappa shape index (κ2) is 4.75. The smallest absolute Gasteiger partial charge is 0.234 e. The van der Waals surface area contributed by atoms with Crippen LogP contribution in [0, 0.1) is 0 Å². The predicted molar refractivity (Wildman–Crippen MR) is 69.6 cm³/mol. The number of nitrogens with zero attached hydrogens (tertiary/aromatic N) is 5. The van der Waals surface area contributed by atoms with Gasteiger partial charge in [0.2, 0.25) is 5.91 Å². The van der Waals surface area contributed by atoms with E-state index < -0.39 is 0 Å². The molecule has 0 bridgehead atoms. The molecule has 3 rings (SSSR count). The number of aromatic nitrogens is 4. The van der Waals surface area contributed by atoms with Crippen molar-refractivity contribution in [3.8, 4) is 0 Å². The van der Waals surface area contributed by atoms with Crippen molar-refractivity contribution in [2.45, 2.75) is 6.54 Å². The quantitative estimate of drug-likeness (QED) is 0.781. The van der Waals surface area contributed by atoms with Crippen LogP contribution in [0.15, 0.2) is 6.20 Å². The number of fused-ring (bicyclic) bond motifs is 1. The van der Waals surface area contributed by atoms with Gasteiger partial charge in [-0.15, -0.1) is 0 Å². The lowest BCUT2D eigenvalue weighted by Gasteiger charge is -2.25. The van der Waals surface area contributed by atoms with Crippen molar-refractivity contribution in [3.63, 3.8) is 0 Å². The highest BCUT2D eigenvalue weighted by molar-refractivity contribution is 6.33. The summed E-state index contributed by atoms with van der Waals surface area (Å²) < 4.78 is 1.66. The Hall–Kier alpha value is -1.73. The first-order chi connectivity index (χ1) is 9.13. The van der Waals surface area contributed by atoms with Gasteiger partial charge in [-0.3, -0.25) is 14.4 Å². The van der Waals surface area contributed by atoms with E-state index in [0.29, 0.717) is 36.3 Å². The topological polar surface area (TPSA) is 75.9 Å². The number of halogens is 1. The number of aryl methyl sites for hydroxylation is 1. The first-order valence-corrected chi connectivity index (χ1v) is 6.34. The summed E-state index contributed by atoms with van der Waals surface area (Å²) in [6, 6.07) is 0. The fourth-order valence-electron chi connectivity index (χ4n) is 2.13. The highest BCUT2D eigenvalue weighted by Gasteiger charge is 2.18. The summed E-state index contributed by atoms with van der Waals surface area (Å²) in [5, 5.41) is 8.03. The van der Waals surface area contributed by atoms with Gasteiger partial charge in [0.1, 0.15) is 11.0 Å². The monoisotopic (exact) mass is 280 g/mol. The number of amides is 1. The van der Waals surface area contributed by atoms with Crippen molar-refractivity contribution in [3.05, 3.63) is 17.2 Å². The van der Waals surface area contributed by atoms with E-state index in [1.54, 1.807) is 10.9 Å². The molecule has 3 heterocycles. The summed E-state index contributed by atoms with van der Waals surface area (Å²) in [7, 11) is 1.81. The highest BCUT2D eigenvalue weighted by Crippen LogP contribution is 2.19. The molecule has 1 saturated heterocycles. The summed E-state index contributed by atoms with van der Waals surface area (Å²) in [6.07, 6.45) is 1.65. The molecule has 0 atom stereocenters. The minimum atomic E-state index is 0.0268. The first-order valence-electron chi connectivity index (χ1n) is 5.96. The number of hydrogen-bond donors (Lipinski definition) is 1. The number of piperazine rings is 1. The van der Waals surface area contributed by atoms with Gasteiger partial charge < -0.3 is 5.32 Å². The van der Waals surface area contributed by atoms with Crippen molar-refractivity contribution in [2.24, 2.45) is 7.05 Å². The van der Waals surface area contributed by atoms with E-state index >= 15 is 0 Å². The molecule has 0 aromatic carbocycles. The summed E-state index contributed by atoms with van der Waals surface area (Å²) in [5.74, 6) is 0.634. The van der Waals surface area contributed by atoms with Crippen LogP contribution in [-0.4, -0.2) is 50.2 Å². The molecule has 1 N–H and O–H groups in total. The lowest BCUT2D eigenvalue weighted by molar-refractivity contribution is -0.124.